The van der Waals surface area contributed by atoms with Gasteiger partial charge in [0.05, 0.1) is 6.61 Å². The molecule has 0 fully saturated rings. The van der Waals surface area contributed by atoms with E-state index in [9.17, 15) is 0 Å². The first kappa shape index (κ1) is 7.85. The zero-order chi connectivity index (χ0) is 8.27. The van der Waals surface area contributed by atoms with E-state index in [0.29, 0.717) is 18.2 Å². The van der Waals surface area contributed by atoms with Crippen molar-refractivity contribution in [3.05, 3.63) is 17.8 Å². The van der Waals surface area contributed by atoms with Gasteiger partial charge in [-0.3, -0.25) is 0 Å². The fraction of sp³-hybridized carbons (Fsp3) is 0.375. The third kappa shape index (κ3) is 1.61. The molecule has 0 amide bonds. The van der Waals surface area contributed by atoms with Crippen LogP contribution in [0.3, 0.4) is 0 Å². The Labute approximate surface area is 66.2 Å². The molecule has 0 bridgehead atoms. The summed E-state index contributed by atoms with van der Waals surface area (Å²) in [4.78, 5) is 3.91. The molecular formula is C8H12N2O. The summed E-state index contributed by atoms with van der Waals surface area (Å²) >= 11 is 0. The second-order valence-corrected chi connectivity index (χ2v) is 2.28. The minimum Gasteiger partial charge on any atom is -0.490 e. The van der Waals surface area contributed by atoms with Crippen LogP contribution < -0.4 is 10.5 Å². The molecule has 0 aliphatic rings. The van der Waals surface area contributed by atoms with Crippen molar-refractivity contribution in [3.8, 4) is 5.75 Å². The normalized spacial score (nSPS) is 9.64. The van der Waals surface area contributed by atoms with Gasteiger partial charge in [0, 0.05) is 6.20 Å². The van der Waals surface area contributed by atoms with E-state index in [2.05, 4.69) is 4.98 Å². The average molecular weight is 152 g/mol. The highest BCUT2D eigenvalue weighted by atomic mass is 16.5. The fourth-order valence-electron chi connectivity index (χ4n) is 0.898. The zero-order valence-electron chi connectivity index (χ0n) is 6.79. The van der Waals surface area contributed by atoms with Crippen LogP contribution in [0, 0.1) is 6.92 Å². The fourth-order valence-corrected chi connectivity index (χ4v) is 0.898. The average Bonchev–Trinajstić information content (AvgIpc) is 1.97. The Morgan fingerprint density at radius 1 is 1.64 bits per heavy atom. The lowest BCUT2D eigenvalue weighted by Crippen LogP contribution is -2.00. The summed E-state index contributed by atoms with van der Waals surface area (Å²) < 4.78 is 5.28. The van der Waals surface area contributed by atoms with Gasteiger partial charge in [0.15, 0.2) is 11.6 Å². The van der Waals surface area contributed by atoms with Gasteiger partial charge in [-0.1, -0.05) is 0 Å². The van der Waals surface area contributed by atoms with E-state index >= 15 is 0 Å². The van der Waals surface area contributed by atoms with Gasteiger partial charge in [-0.2, -0.15) is 0 Å². The summed E-state index contributed by atoms with van der Waals surface area (Å²) in [5.74, 6) is 1.17. The monoisotopic (exact) mass is 152 g/mol. The molecule has 3 nitrogen and oxygen atoms in total. The third-order valence-electron chi connectivity index (χ3n) is 1.42. The summed E-state index contributed by atoms with van der Waals surface area (Å²) in [6.45, 7) is 4.49. The molecule has 0 unspecified atom stereocenters. The van der Waals surface area contributed by atoms with Crippen LogP contribution in [0.1, 0.15) is 12.5 Å². The lowest BCUT2D eigenvalue weighted by atomic mass is 10.2. The van der Waals surface area contributed by atoms with Gasteiger partial charge >= 0.3 is 0 Å². The van der Waals surface area contributed by atoms with Crippen LogP contribution in [-0.4, -0.2) is 11.6 Å². The van der Waals surface area contributed by atoms with Crippen LogP contribution in [-0.2, 0) is 0 Å². The molecule has 0 saturated carbocycles. The van der Waals surface area contributed by atoms with Crippen LogP contribution >= 0.6 is 0 Å². The van der Waals surface area contributed by atoms with Gasteiger partial charge in [-0.05, 0) is 25.5 Å². The summed E-state index contributed by atoms with van der Waals surface area (Å²) in [5, 5.41) is 0. The molecule has 0 radical (unpaired) electrons. The lowest BCUT2D eigenvalue weighted by molar-refractivity contribution is 0.338. The lowest BCUT2D eigenvalue weighted by Gasteiger charge is -2.07. The van der Waals surface area contributed by atoms with E-state index in [-0.39, 0.29) is 0 Å². The molecule has 0 aliphatic carbocycles. The molecular weight excluding hydrogens is 140 g/mol. The smallest absolute Gasteiger partial charge is 0.166 e. The molecule has 60 valence electrons. The molecule has 11 heavy (non-hydrogen) atoms. The highest BCUT2D eigenvalue weighted by Gasteiger charge is 2.02. The van der Waals surface area contributed by atoms with Gasteiger partial charge < -0.3 is 10.5 Å². The highest BCUT2D eigenvalue weighted by molar-refractivity contribution is 5.50. The summed E-state index contributed by atoms with van der Waals surface area (Å²) in [6.07, 6.45) is 1.67. The van der Waals surface area contributed by atoms with Crippen LogP contribution in [0.4, 0.5) is 5.82 Å². The summed E-state index contributed by atoms with van der Waals surface area (Å²) in [5.41, 5.74) is 6.60. The van der Waals surface area contributed by atoms with Crippen LogP contribution in [0.15, 0.2) is 12.3 Å². The van der Waals surface area contributed by atoms with Crippen molar-refractivity contribution in [3.63, 3.8) is 0 Å². The number of hydrogen-bond acceptors (Lipinski definition) is 3. The quantitative estimate of drug-likeness (QED) is 0.696. The summed E-state index contributed by atoms with van der Waals surface area (Å²) in [7, 11) is 0. The minimum absolute atomic E-state index is 0.465. The molecule has 1 aromatic rings. The molecule has 1 heterocycles. The predicted octanol–water partition coefficient (Wildman–Crippen LogP) is 1.37. The molecule has 1 rings (SSSR count). The topological polar surface area (TPSA) is 48.1 Å². The van der Waals surface area contributed by atoms with Gasteiger partial charge in [0.1, 0.15) is 0 Å². The van der Waals surface area contributed by atoms with Crippen molar-refractivity contribution in [1.82, 2.24) is 4.98 Å². The third-order valence-corrected chi connectivity index (χ3v) is 1.42. The van der Waals surface area contributed by atoms with E-state index in [1.165, 1.54) is 0 Å². The molecule has 0 aromatic carbocycles. The predicted molar refractivity (Wildman–Crippen MR) is 44.6 cm³/mol. The Kier molecular flexibility index (Phi) is 2.31. The number of ether oxygens (including phenoxy) is 1. The van der Waals surface area contributed by atoms with Crippen LogP contribution in [0.5, 0.6) is 5.75 Å². The van der Waals surface area contributed by atoms with E-state index in [1.54, 1.807) is 6.20 Å². The Morgan fingerprint density at radius 2 is 2.36 bits per heavy atom. The summed E-state index contributed by atoms with van der Waals surface area (Å²) in [6, 6.07) is 1.88. The number of nitrogens with two attached hydrogens (primary N) is 1. The molecule has 1 aromatic heterocycles. The second kappa shape index (κ2) is 3.23. The van der Waals surface area contributed by atoms with E-state index in [1.807, 2.05) is 19.9 Å². The Balaban J connectivity index is 3.00. The SMILES string of the molecule is CCOc1c(C)ccnc1N. The Hall–Kier alpha value is -1.25. The van der Waals surface area contributed by atoms with Crippen molar-refractivity contribution >= 4 is 5.82 Å². The molecule has 0 spiro atoms. The van der Waals surface area contributed by atoms with E-state index in [0.717, 1.165) is 5.56 Å². The van der Waals surface area contributed by atoms with Crippen LogP contribution in [0.25, 0.3) is 0 Å². The molecule has 0 aliphatic heterocycles. The van der Waals surface area contributed by atoms with Gasteiger partial charge in [-0.25, -0.2) is 4.98 Å². The van der Waals surface area contributed by atoms with Crippen molar-refractivity contribution < 1.29 is 4.74 Å². The van der Waals surface area contributed by atoms with E-state index < -0.39 is 0 Å². The van der Waals surface area contributed by atoms with Crippen molar-refractivity contribution in [1.29, 1.82) is 0 Å². The largest absolute Gasteiger partial charge is 0.490 e. The van der Waals surface area contributed by atoms with Gasteiger partial charge in [0.25, 0.3) is 0 Å². The standard InChI is InChI=1S/C8H12N2O/c1-3-11-7-6(2)4-5-10-8(7)9/h4-5H,3H2,1-2H3,(H2,9,10). The van der Waals surface area contributed by atoms with Gasteiger partial charge in [-0.15, -0.1) is 0 Å². The first-order valence-corrected chi connectivity index (χ1v) is 3.59. The number of nitrogens with zero attached hydrogens (tertiary/aromatic N) is 1. The number of anilines is 1. The zero-order valence-corrected chi connectivity index (χ0v) is 6.79. The van der Waals surface area contributed by atoms with Crippen molar-refractivity contribution in [2.45, 2.75) is 13.8 Å². The highest BCUT2D eigenvalue weighted by Crippen LogP contribution is 2.22. The second-order valence-electron chi connectivity index (χ2n) is 2.28. The number of rotatable bonds is 2. The van der Waals surface area contributed by atoms with E-state index in [4.69, 9.17) is 10.5 Å². The maximum absolute atomic E-state index is 5.57. The minimum atomic E-state index is 0.465. The maximum Gasteiger partial charge on any atom is 0.166 e. The number of hydrogen-bond donors (Lipinski definition) is 1. The molecule has 2 N–H and O–H groups in total. The van der Waals surface area contributed by atoms with Crippen molar-refractivity contribution in [2.75, 3.05) is 12.3 Å². The first-order valence-electron chi connectivity index (χ1n) is 3.59. The maximum atomic E-state index is 5.57. The molecule has 3 heteroatoms. The number of pyridine rings is 1. The van der Waals surface area contributed by atoms with Crippen LogP contribution in [0.2, 0.25) is 0 Å². The number of aromatic nitrogens is 1. The molecule has 0 atom stereocenters. The van der Waals surface area contributed by atoms with Crippen molar-refractivity contribution in [2.24, 2.45) is 0 Å². The number of aryl methyl sites for hydroxylation is 1. The first-order chi connectivity index (χ1) is 5.25. The Morgan fingerprint density at radius 3 is 2.91 bits per heavy atom. The molecule has 0 saturated heterocycles. The Bertz CT molecular complexity index is 228. The van der Waals surface area contributed by atoms with Gasteiger partial charge in [0.2, 0.25) is 0 Å². The number of nitrogen functional groups attached to an aromatic ring is 1.